The van der Waals surface area contributed by atoms with E-state index >= 15 is 0 Å². The minimum atomic E-state index is 0.0503. The molecule has 1 aromatic heterocycles. The molecule has 2 unspecified atom stereocenters. The van der Waals surface area contributed by atoms with Crippen molar-refractivity contribution in [3.05, 3.63) is 77.8 Å². The smallest absolute Gasteiger partial charge is 0.0937 e. The van der Waals surface area contributed by atoms with Gasteiger partial charge in [-0.3, -0.25) is 4.98 Å². The zero-order valence-corrected chi connectivity index (χ0v) is 14.0. The molecular formula is C21H25N3. The first-order chi connectivity index (χ1) is 11.8. The molecule has 3 nitrogen and oxygen atoms in total. The van der Waals surface area contributed by atoms with Gasteiger partial charge in [0, 0.05) is 17.9 Å². The maximum atomic E-state index is 4.77. The Morgan fingerprint density at radius 1 is 1.12 bits per heavy atom. The molecule has 1 aromatic carbocycles. The van der Waals surface area contributed by atoms with Crippen molar-refractivity contribution >= 4 is 0 Å². The molecular weight excluding hydrogens is 294 g/mol. The largest absolute Gasteiger partial charge is 0.375 e. The van der Waals surface area contributed by atoms with Crippen LogP contribution < -0.4 is 10.6 Å². The van der Waals surface area contributed by atoms with Crippen molar-refractivity contribution < 1.29 is 0 Å². The molecule has 2 fully saturated rings. The Kier molecular flexibility index (Phi) is 4.35. The lowest BCUT2D eigenvalue weighted by molar-refractivity contribution is 0.577. The summed E-state index contributed by atoms with van der Waals surface area (Å²) in [5.41, 5.74) is 4.73. The monoisotopic (exact) mass is 319 g/mol. The van der Waals surface area contributed by atoms with E-state index in [0.29, 0.717) is 6.04 Å². The minimum absolute atomic E-state index is 0.0503. The van der Waals surface area contributed by atoms with Crippen molar-refractivity contribution in [3.8, 4) is 0 Å². The van der Waals surface area contributed by atoms with Crippen LogP contribution in [0, 0.1) is 0 Å². The van der Waals surface area contributed by atoms with Crippen molar-refractivity contribution in [2.45, 2.75) is 43.7 Å². The van der Waals surface area contributed by atoms with Gasteiger partial charge in [-0.15, -0.1) is 0 Å². The molecule has 0 amide bonds. The summed E-state index contributed by atoms with van der Waals surface area (Å²) in [6.45, 7) is 5.36. The van der Waals surface area contributed by atoms with Crippen molar-refractivity contribution in [3.63, 3.8) is 0 Å². The van der Waals surface area contributed by atoms with E-state index in [2.05, 4.69) is 65.9 Å². The third-order valence-electron chi connectivity index (χ3n) is 5.10. The van der Waals surface area contributed by atoms with Gasteiger partial charge in [-0.2, -0.15) is 0 Å². The molecule has 2 aliphatic rings. The van der Waals surface area contributed by atoms with E-state index in [4.69, 9.17) is 4.98 Å². The van der Waals surface area contributed by atoms with Crippen molar-refractivity contribution in [2.75, 3.05) is 6.54 Å². The van der Waals surface area contributed by atoms with Gasteiger partial charge in [0.25, 0.3) is 0 Å². The first-order valence-corrected chi connectivity index (χ1v) is 9.01. The Bertz CT molecular complexity index is 683. The van der Waals surface area contributed by atoms with Gasteiger partial charge < -0.3 is 10.6 Å². The van der Waals surface area contributed by atoms with E-state index in [-0.39, 0.29) is 6.04 Å². The lowest BCUT2D eigenvalue weighted by atomic mass is 10.0. The summed E-state index contributed by atoms with van der Waals surface area (Å²) < 4.78 is 0. The number of pyridine rings is 1. The van der Waals surface area contributed by atoms with Crippen molar-refractivity contribution in [1.82, 2.24) is 15.6 Å². The Morgan fingerprint density at radius 2 is 1.96 bits per heavy atom. The highest BCUT2D eigenvalue weighted by Crippen LogP contribution is 2.39. The first kappa shape index (κ1) is 15.4. The summed E-state index contributed by atoms with van der Waals surface area (Å²) in [7, 11) is 0. The number of benzene rings is 1. The molecule has 4 rings (SSSR count). The fourth-order valence-corrected chi connectivity index (χ4v) is 3.49. The number of rotatable bonds is 6. The molecule has 2 atom stereocenters. The normalized spacial score (nSPS) is 21.4. The summed E-state index contributed by atoms with van der Waals surface area (Å²) in [5.74, 6) is 0.743. The van der Waals surface area contributed by atoms with Crippen LogP contribution in [0.4, 0.5) is 0 Å². The molecule has 2 aromatic rings. The highest BCUT2D eigenvalue weighted by Gasteiger charge is 2.25. The van der Waals surface area contributed by atoms with Gasteiger partial charge >= 0.3 is 0 Å². The van der Waals surface area contributed by atoms with E-state index in [1.807, 2.05) is 0 Å². The van der Waals surface area contributed by atoms with Gasteiger partial charge in [-0.1, -0.05) is 43.0 Å². The van der Waals surface area contributed by atoms with Crippen molar-refractivity contribution in [1.29, 1.82) is 0 Å². The third kappa shape index (κ3) is 3.36. The van der Waals surface area contributed by atoms with Gasteiger partial charge in [0.1, 0.15) is 0 Å². The summed E-state index contributed by atoms with van der Waals surface area (Å²) in [6, 6.07) is 15.4. The minimum Gasteiger partial charge on any atom is -0.375 e. The molecule has 24 heavy (non-hydrogen) atoms. The second-order valence-electron chi connectivity index (χ2n) is 6.95. The molecule has 1 aliphatic carbocycles. The van der Waals surface area contributed by atoms with Crippen LogP contribution in [-0.4, -0.2) is 17.6 Å². The van der Waals surface area contributed by atoms with E-state index in [1.54, 1.807) is 0 Å². The molecule has 0 bridgehead atoms. The summed E-state index contributed by atoms with van der Waals surface area (Å²) in [5, 5.41) is 7.15. The number of hydrogen-bond donors (Lipinski definition) is 2. The van der Waals surface area contributed by atoms with Crippen LogP contribution in [0.1, 0.15) is 54.5 Å². The number of nitrogens with one attached hydrogen (secondary N) is 2. The molecule has 1 saturated carbocycles. The fraction of sp³-hybridized carbons (Fsp3) is 0.381. The standard InChI is InChI=1S/C21H25N3/c1-15(19-8-5-13-22-19)24-21(17-6-3-2-4-7-17)20-12-11-18(14-23-20)16-9-10-16/h2-4,6-7,11-12,14,16,19,21-22,24H,1,5,8-10,13H2. The van der Waals surface area contributed by atoms with Crippen LogP contribution in [0.25, 0.3) is 0 Å². The lowest BCUT2D eigenvalue weighted by Crippen LogP contribution is -2.33. The molecule has 0 spiro atoms. The molecule has 1 saturated heterocycles. The summed E-state index contributed by atoms with van der Waals surface area (Å²) >= 11 is 0. The van der Waals surface area contributed by atoms with E-state index in [0.717, 1.165) is 30.3 Å². The number of hydrogen-bond acceptors (Lipinski definition) is 3. The van der Waals surface area contributed by atoms with Crippen LogP contribution in [-0.2, 0) is 0 Å². The molecule has 0 radical (unpaired) electrons. The van der Waals surface area contributed by atoms with Crippen LogP contribution in [0.15, 0.2) is 60.9 Å². The van der Waals surface area contributed by atoms with E-state index in [9.17, 15) is 0 Å². The van der Waals surface area contributed by atoms with Gasteiger partial charge in [0.2, 0.25) is 0 Å². The van der Waals surface area contributed by atoms with E-state index < -0.39 is 0 Å². The SMILES string of the molecule is C=C(NC(c1ccccc1)c1ccc(C2CC2)cn1)C1CCCN1. The van der Waals surface area contributed by atoms with Gasteiger partial charge in [0.05, 0.1) is 11.7 Å². The van der Waals surface area contributed by atoms with Gasteiger partial charge in [0.15, 0.2) is 0 Å². The topological polar surface area (TPSA) is 37.0 Å². The predicted molar refractivity (Wildman–Crippen MR) is 97.8 cm³/mol. The average Bonchev–Trinajstić information content (AvgIpc) is 3.34. The second-order valence-corrected chi connectivity index (χ2v) is 6.95. The summed E-state index contributed by atoms with van der Waals surface area (Å²) in [6.07, 6.45) is 7.05. The van der Waals surface area contributed by atoms with Crippen LogP contribution in [0.3, 0.4) is 0 Å². The van der Waals surface area contributed by atoms with Crippen molar-refractivity contribution in [2.24, 2.45) is 0 Å². The molecule has 2 N–H and O–H groups in total. The quantitative estimate of drug-likeness (QED) is 0.848. The second kappa shape index (κ2) is 6.78. The number of aromatic nitrogens is 1. The maximum Gasteiger partial charge on any atom is 0.0937 e. The summed E-state index contributed by atoms with van der Waals surface area (Å²) in [4.78, 5) is 4.77. The first-order valence-electron chi connectivity index (χ1n) is 9.01. The Balaban J connectivity index is 1.58. The average molecular weight is 319 g/mol. The van der Waals surface area contributed by atoms with Gasteiger partial charge in [-0.25, -0.2) is 0 Å². The fourth-order valence-electron chi connectivity index (χ4n) is 3.49. The number of nitrogens with zero attached hydrogens (tertiary/aromatic N) is 1. The Morgan fingerprint density at radius 3 is 2.58 bits per heavy atom. The predicted octanol–water partition coefficient (Wildman–Crippen LogP) is 3.90. The molecule has 3 heteroatoms. The van der Waals surface area contributed by atoms with E-state index in [1.165, 1.54) is 30.4 Å². The Labute approximate surface area is 144 Å². The maximum absolute atomic E-state index is 4.77. The lowest BCUT2D eigenvalue weighted by Gasteiger charge is -2.24. The van der Waals surface area contributed by atoms with Crippen LogP contribution in [0.2, 0.25) is 0 Å². The molecule has 2 heterocycles. The third-order valence-corrected chi connectivity index (χ3v) is 5.10. The highest BCUT2D eigenvalue weighted by atomic mass is 15.0. The highest BCUT2D eigenvalue weighted by molar-refractivity contribution is 5.32. The van der Waals surface area contributed by atoms with Crippen LogP contribution in [0.5, 0.6) is 0 Å². The van der Waals surface area contributed by atoms with Gasteiger partial charge in [-0.05, 0) is 55.3 Å². The zero-order valence-electron chi connectivity index (χ0n) is 14.0. The van der Waals surface area contributed by atoms with Crippen LogP contribution >= 0.6 is 0 Å². The zero-order chi connectivity index (χ0) is 16.4. The molecule has 124 valence electrons. The Hall–Kier alpha value is -2.13. The molecule has 1 aliphatic heterocycles.